The largest absolute Gasteiger partial charge is 0.357 e. The van der Waals surface area contributed by atoms with Crippen LogP contribution in [0.1, 0.15) is 19.0 Å². The van der Waals surface area contributed by atoms with Gasteiger partial charge in [0.25, 0.3) is 0 Å². The molecule has 2 aromatic rings. The van der Waals surface area contributed by atoms with Gasteiger partial charge in [-0.3, -0.25) is 4.79 Å². The van der Waals surface area contributed by atoms with Gasteiger partial charge >= 0.3 is 0 Å². The summed E-state index contributed by atoms with van der Waals surface area (Å²) in [7, 11) is 0. The summed E-state index contributed by atoms with van der Waals surface area (Å²) in [4.78, 5) is 15.2. The maximum atomic E-state index is 12.0. The van der Waals surface area contributed by atoms with Crippen LogP contribution in [0.2, 0.25) is 0 Å². The Labute approximate surface area is 100 Å². The van der Waals surface area contributed by atoms with Gasteiger partial charge in [-0.05, 0) is 25.3 Å². The van der Waals surface area contributed by atoms with Crippen LogP contribution in [0.5, 0.6) is 0 Å². The lowest BCUT2D eigenvalue weighted by atomic mass is 10.2. The highest BCUT2D eigenvalue weighted by molar-refractivity contribution is 6.04. The van der Waals surface area contributed by atoms with Gasteiger partial charge in [-0.15, -0.1) is 0 Å². The second-order valence-corrected chi connectivity index (χ2v) is 4.98. The number of carbonyl (C=O) groups is 1. The Bertz CT molecular complexity index is 585. The third-order valence-corrected chi connectivity index (χ3v) is 3.59. The molecule has 2 N–H and O–H groups in total. The molecule has 1 aliphatic rings. The highest BCUT2D eigenvalue weighted by atomic mass is 16.2. The van der Waals surface area contributed by atoms with Gasteiger partial charge < -0.3 is 10.3 Å². The van der Waals surface area contributed by atoms with Crippen LogP contribution in [0.25, 0.3) is 10.9 Å². The molecule has 1 amide bonds. The molecule has 3 heteroatoms. The number of rotatable bonds is 2. The van der Waals surface area contributed by atoms with E-state index in [1.165, 1.54) is 0 Å². The smallest absolute Gasteiger partial charge is 0.227 e. The minimum atomic E-state index is 0.158. The lowest BCUT2D eigenvalue weighted by Gasteiger charge is -2.04. The van der Waals surface area contributed by atoms with E-state index in [1.807, 2.05) is 31.2 Å². The van der Waals surface area contributed by atoms with Crippen molar-refractivity contribution in [2.45, 2.75) is 20.3 Å². The lowest BCUT2D eigenvalue weighted by Crippen LogP contribution is -2.14. The zero-order valence-electron chi connectivity index (χ0n) is 10.1. The maximum absolute atomic E-state index is 12.0. The minimum Gasteiger partial charge on any atom is -0.357 e. The van der Waals surface area contributed by atoms with Crippen molar-refractivity contribution in [2.75, 3.05) is 5.32 Å². The first-order valence-electron chi connectivity index (χ1n) is 6.05. The molecule has 0 saturated heterocycles. The summed E-state index contributed by atoms with van der Waals surface area (Å²) in [6, 6.07) is 8.04. The van der Waals surface area contributed by atoms with Gasteiger partial charge in [0.05, 0.1) is 5.69 Å². The van der Waals surface area contributed by atoms with E-state index in [0.29, 0.717) is 5.92 Å². The normalized spacial score (nSPS) is 22.7. The first kappa shape index (κ1) is 10.4. The molecule has 17 heavy (non-hydrogen) atoms. The summed E-state index contributed by atoms with van der Waals surface area (Å²) in [5.74, 6) is 0.911. The minimum absolute atomic E-state index is 0.158. The Balaban J connectivity index is 1.94. The van der Waals surface area contributed by atoms with Gasteiger partial charge in [-0.2, -0.15) is 0 Å². The summed E-state index contributed by atoms with van der Waals surface area (Å²) in [6.07, 6.45) is 1.02. The topological polar surface area (TPSA) is 44.9 Å². The van der Waals surface area contributed by atoms with Crippen LogP contribution in [0, 0.1) is 18.8 Å². The molecule has 0 spiro atoms. The van der Waals surface area contributed by atoms with E-state index in [9.17, 15) is 4.79 Å². The van der Waals surface area contributed by atoms with E-state index >= 15 is 0 Å². The number of amides is 1. The van der Waals surface area contributed by atoms with Gasteiger partial charge in [0.2, 0.25) is 5.91 Å². The fraction of sp³-hybridized carbons (Fsp3) is 0.357. The molecule has 0 bridgehead atoms. The molecule has 1 fully saturated rings. The molecular formula is C14H16N2O. The van der Waals surface area contributed by atoms with Crippen molar-refractivity contribution in [1.82, 2.24) is 4.98 Å². The van der Waals surface area contributed by atoms with Crippen LogP contribution in [0.15, 0.2) is 24.3 Å². The Morgan fingerprint density at radius 2 is 2.12 bits per heavy atom. The average molecular weight is 228 g/mol. The Hall–Kier alpha value is -1.77. The van der Waals surface area contributed by atoms with Crippen molar-refractivity contribution < 1.29 is 4.79 Å². The molecule has 3 nitrogen and oxygen atoms in total. The predicted molar refractivity (Wildman–Crippen MR) is 68.9 cm³/mol. The molecule has 0 aliphatic heterocycles. The molecule has 2 atom stereocenters. The molecule has 3 rings (SSSR count). The van der Waals surface area contributed by atoms with Crippen molar-refractivity contribution in [3.8, 4) is 0 Å². The third kappa shape index (κ3) is 1.71. The second-order valence-electron chi connectivity index (χ2n) is 4.98. The van der Waals surface area contributed by atoms with Gasteiger partial charge in [-0.1, -0.05) is 25.1 Å². The summed E-state index contributed by atoms with van der Waals surface area (Å²) >= 11 is 0. The number of benzene rings is 1. The molecule has 1 aromatic heterocycles. The number of H-pyrrole nitrogens is 1. The van der Waals surface area contributed by atoms with Crippen LogP contribution < -0.4 is 5.32 Å². The molecule has 1 aromatic carbocycles. The highest BCUT2D eigenvalue weighted by Crippen LogP contribution is 2.39. The summed E-state index contributed by atoms with van der Waals surface area (Å²) in [6.45, 7) is 4.11. The third-order valence-electron chi connectivity index (χ3n) is 3.59. The van der Waals surface area contributed by atoms with Crippen LogP contribution in [-0.4, -0.2) is 10.9 Å². The number of aryl methyl sites for hydroxylation is 1. The SMILES string of the molecule is Cc1[nH]c2ccccc2c1NC(=O)[C@@H]1C[C@H]1C. The summed E-state index contributed by atoms with van der Waals surface area (Å²) in [5.41, 5.74) is 3.03. The Kier molecular flexibility index (Phi) is 2.21. The zero-order valence-corrected chi connectivity index (χ0v) is 10.1. The van der Waals surface area contributed by atoms with E-state index in [4.69, 9.17) is 0 Å². The van der Waals surface area contributed by atoms with Crippen molar-refractivity contribution >= 4 is 22.5 Å². The fourth-order valence-corrected chi connectivity index (χ4v) is 2.34. The van der Waals surface area contributed by atoms with Crippen LogP contribution >= 0.6 is 0 Å². The summed E-state index contributed by atoms with van der Waals surface area (Å²) < 4.78 is 0. The summed E-state index contributed by atoms with van der Waals surface area (Å²) in [5, 5.41) is 4.14. The second kappa shape index (κ2) is 3.62. The van der Waals surface area contributed by atoms with E-state index < -0.39 is 0 Å². The van der Waals surface area contributed by atoms with Gasteiger partial charge in [0.15, 0.2) is 0 Å². The Morgan fingerprint density at radius 3 is 2.82 bits per heavy atom. The lowest BCUT2D eigenvalue weighted by molar-refractivity contribution is -0.117. The van der Waals surface area contributed by atoms with Crippen molar-refractivity contribution in [3.63, 3.8) is 0 Å². The van der Waals surface area contributed by atoms with Crippen molar-refractivity contribution in [1.29, 1.82) is 0 Å². The quantitative estimate of drug-likeness (QED) is 0.815. The molecule has 1 heterocycles. The molecule has 88 valence electrons. The van der Waals surface area contributed by atoms with Crippen LogP contribution in [0.4, 0.5) is 5.69 Å². The monoisotopic (exact) mass is 228 g/mol. The highest BCUT2D eigenvalue weighted by Gasteiger charge is 2.39. The fourth-order valence-electron chi connectivity index (χ4n) is 2.34. The van der Waals surface area contributed by atoms with Crippen LogP contribution in [0.3, 0.4) is 0 Å². The standard InChI is InChI=1S/C14H16N2O/c1-8-7-11(8)14(17)16-13-9(2)15-12-6-4-3-5-10(12)13/h3-6,8,11,15H,7H2,1-2H3,(H,16,17)/t8-,11-/m1/s1. The van der Waals surface area contributed by atoms with E-state index in [2.05, 4.69) is 17.2 Å². The number of carbonyl (C=O) groups excluding carboxylic acids is 1. The molecule has 1 aliphatic carbocycles. The number of anilines is 1. The first-order valence-corrected chi connectivity index (χ1v) is 6.05. The van der Waals surface area contributed by atoms with Crippen molar-refractivity contribution in [3.05, 3.63) is 30.0 Å². The number of fused-ring (bicyclic) bond motifs is 1. The zero-order chi connectivity index (χ0) is 12.0. The molecule has 1 saturated carbocycles. The van der Waals surface area contributed by atoms with Crippen LogP contribution in [-0.2, 0) is 4.79 Å². The number of nitrogens with one attached hydrogen (secondary N) is 2. The van der Waals surface area contributed by atoms with Crippen molar-refractivity contribution in [2.24, 2.45) is 11.8 Å². The number of para-hydroxylation sites is 1. The number of hydrogen-bond acceptors (Lipinski definition) is 1. The van der Waals surface area contributed by atoms with Gasteiger partial charge in [-0.25, -0.2) is 0 Å². The van der Waals surface area contributed by atoms with E-state index in [1.54, 1.807) is 0 Å². The van der Waals surface area contributed by atoms with Gasteiger partial charge in [0, 0.05) is 22.5 Å². The van der Waals surface area contributed by atoms with E-state index in [0.717, 1.165) is 28.7 Å². The number of aromatic nitrogens is 1. The average Bonchev–Trinajstić information content (AvgIpc) is 2.96. The molecule has 0 unspecified atom stereocenters. The number of hydrogen-bond donors (Lipinski definition) is 2. The number of aromatic amines is 1. The molecular weight excluding hydrogens is 212 g/mol. The first-order chi connectivity index (χ1) is 8.16. The predicted octanol–water partition coefficient (Wildman–Crippen LogP) is 3.07. The van der Waals surface area contributed by atoms with Gasteiger partial charge in [0.1, 0.15) is 0 Å². The maximum Gasteiger partial charge on any atom is 0.227 e. The Morgan fingerprint density at radius 1 is 1.41 bits per heavy atom. The van der Waals surface area contributed by atoms with E-state index in [-0.39, 0.29) is 11.8 Å². The molecule has 0 radical (unpaired) electrons.